The van der Waals surface area contributed by atoms with Gasteiger partial charge in [-0.05, 0) is 55.7 Å². The molecule has 9 heteroatoms. The first-order valence-electron chi connectivity index (χ1n) is 9.72. The second-order valence-electron chi connectivity index (χ2n) is 7.80. The zero-order valence-corrected chi connectivity index (χ0v) is 19.1. The third-order valence-electron chi connectivity index (χ3n) is 5.13. The van der Waals surface area contributed by atoms with E-state index in [9.17, 15) is 18.3 Å². The summed E-state index contributed by atoms with van der Waals surface area (Å²) in [5, 5.41) is 11.8. The Kier molecular flexibility index (Phi) is 5.36. The Balaban J connectivity index is 1.77. The monoisotopic (exact) mass is 458 g/mol. The Morgan fingerprint density at radius 3 is 2.45 bits per heavy atom. The number of carboxylic acids is 1. The molecule has 4 aromatic rings. The standard InChI is InChI=1S/C22H22N2O5S2/c1-11(2)20(22(25)26)24-31(27,28)15-6-8-18-17(10-15)16-7-5-14(9-19(16)29-18)21-12(3)23-13(4)30-21/h5-11,20,24H,1-4H3,(H,25,26)/t20-/m1/s1. The summed E-state index contributed by atoms with van der Waals surface area (Å²) in [7, 11) is -4.02. The molecular weight excluding hydrogens is 436 g/mol. The molecule has 0 bridgehead atoms. The lowest BCUT2D eigenvalue weighted by Gasteiger charge is -2.17. The number of furan rings is 1. The van der Waals surface area contributed by atoms with E-state index in [2.05, 4.69) is 9.71 Å². The molecule has 2 aromatic heterocycles. The van der Waals surface area contributed by atoms with Crippen LogP contribution in [0.3, 0.4) is 0 Å². The van der Waals surface area contributed by atoms with Crippen molar-refractivity contribution in [2.24, 2.45) is 5.92 Å². The van der Waals surface area contributed by atoms with Gasteiger partial charge >= 0.3 is 5.97 Å². The quantitative estimate of drug-likeness (QED) is 0.433. The molecular formula is C22H22N2O5S2. The molecule has 2 N–H and O–H groups in total. The first-order chi connectivity index (χ1) is 14.6. The first kappa shape index (κ1) is 21.5. The van der Waals surface area contributed by atoms with E-state index in [1.165, 1.54) is 12.1 Å². The molecule has 0 saturated carbocycles. The lowest BCUT2D eigenvalue weighted by Crippen LogP contribution is -2.44. The number of thiazole rings is 1. The van der Waals surface area contributed by atoms with Crippen molar-refractivity contribution in [3.05, 3.63) is 47.1 Å². The van der Waals surface area contributed by atoms with E-state index in [-0.39, 0.29) is 4.90 Å². The van der Waals surface area contributed by atoms with Crippen LogP contribution in [-0.4, -0.2) is 30.5 Å². The highest BCUT2D eigenvalue weighted by Gasteiger charge is 2.28. The molecule has 0 aliphatic carbocycles. The molecule has 0 spiro atoms. The van der Waals surface area contributed by atoms with E-state index in [0.29, 0.717) is 16.6 Å². The van der Waals surface area contributed by atoms with Crippen LogP contribution in [0.25, 0.3) is 32.4 Å². The van der Waals surface area contributed by atoms with Gasteiger partial charge in [-0.1, -0.05) is 19.9 Å². The zero-order valence-electron chi connectivity index (χ0n) is 17.5. The molecule has 0 radical (unpaired) electrons. The van der Waals surface area contributed by atoms with E-state index in [1.807, 2.05) is 32.0 Å². The fourth-order valence-corrected chi connectivity index (χ4v) is 5.85. The molecule has 7 nitrogen and oxygen atoms in total. The predicted octanol–water partition coefficient (Wildman–Crippen LogP) is 4.71. The molecule has 31 heavy (non-hydrogen) atoms. The topological polar surface area (TPSA) is 110 Å². The third kappa shape index (κ3) is 3.96. The van der Waals surface area contributed by atoms with Crippen molar-refractivity contribution in [3.63, 3.8) is 0 Å². The minimum Gasteiger partial charge on any atom is -0.480 e. The maximum Gasteiger partial charge on any atom is 0.322 e. The number of rotatable bonds is 6. The summed E-state index contributed by atoms with van der Waals surface area (Å²) in [6, 6.07) is 9.13. The number of nitrogens with zero attached hydrogens (tertiary/aromatic N) is 1. The molecule has 162 valence electrons. The largest absolute Gasteiger partial charge is 0.480 e. The summed E-state index contributed by atoms with van der Waals surface area (Å²) in [6.07, 6.45) is 0. The van der Waals surface area contributed by atoms with E-state index in [1.54, 1.807) is 31.3 Å². The van der Waals surface area contributed by atoms with Gasteiger partial charge in [-0.25, -0.2) is 13.4 Å². The van der Waals surface area contributed by atoms with Gasteiger partial charge in [-0.2, -0.15) is 4.72 Å². The molecule has 2 heterocycles. The van der Waals surface area contributed by atoms with Gasteiger partial charge in [0.1, 0.15) is 17.2 Å². The summed E-state index contributed by atoms with van der Waals surface area (Å²) in [6.45, 7) is 7.23. The molecule has 0 fully saturated rings. The van der Waals surface area contributed by atoms with Crippen LogP contribution in [0.1, 0.15) is 24.5 Å². The second kappa shape index (κ2) is 7.74. The lowest BCUT2D eigenvalue weighted by molar-refractivity contribution is -0.140. The smallest absolute Gasteiger partial charge is 0.322 e. The number of sulfonamides is 1. The minimum atomic E-state index is -4.02. The van der Waals surface area contributed by atoms with Crippen molar-refractivity contribution < 1.29 is 22.7 Å². The second-order valence-corrected chi connectivity index (χ2v) is 10.7. The van der Waals surface area contributed by atoms with Crippen molar-refractivity contribution in [2.75, 3.05) is 0 Å². The summed E-state index contributed by atoms with van der Waals surface area (Å²) in [4.78, 5) is 17.0. The normalized spacial score (nSPS) is 13.3. The number of aromatic nitrogens is 1. The summed E-state index contributed by atoms with van der Waals surface area (Å²) in [5.74, 6) is -1.61. The Labute approximate surface area is 183 Å². The van der Waals surface area contributed by atoms with Crippen LogP contribution < -0.4 is 4.72 Å². The zero-order chi connectivity index (χ0) is 22.5. The fourth-order valence-electron chi connectivity index (χ4n) is 3.57. The maximum absolute atomic E-state index is 12.8. The van der Waals surface area contributed by atoms with Gasteiger partial charge < -0.3 is 9.52 Å². The number of carbonyl (C=O) groups is 1. The van der Waals surface area contributed by atoms with Gasteiger partial charge in [0.15, 0.2) is 0 Å². The number of hydrogen-bond acceptors (Lipinski definition) is 6. The summed E-state index contributed by atoms with van der Waals surface area (Å²) < 4.78 is 33.9. The SMILES string of the molecule is Cc1nc(C)c(-c2ccc3c(c2)oc2ccc(S(=O)(=O)N[C@@H](C(=O)O)C(C)C)cc23)s1. The Morgan fingerprint density at radius 1 is 1.10 bits per heavy atom. The number of nitrogens with one attached hydrogen (secondary N) is 1. The van der Waals surface area contributed by atoms with E-state index in [4.69, 9.17) is 4.42 Å². The van der Waals surface area contributed by atoms with E-state index < -0.39 is 28.0 Å². The van der Waals surface area contributed by atoms with Gasteiger partial charge in [-0.15, -0.1) is 11.3 Å². The Morgan fingerprint density at radius 2 is 1.84 bits per heavy atom. The molecule has 2 aromatic carbocycles. The Bertz CT molecular complexity index is 1420. The van der Waals surface area contributed by atoms with E-state index in [0.717, 1.165) is 26.5 Å². The van der Waals surface area contributed by atoms with Crippen molar-refractivity contribution >= 4 is 49.3 Å². The highest BCUT2D eigenvalue weighted by Crippen LogP contribution is 2.36. The van der Waals surface area contributed by atoms with Crippen molar-refractivity contribution in [2.45, 2.75) is 38.6 Å². The average Bonchev–Trinajstić information content (AvgIpc) is 3.23. The first-order valence-corrected chi connectivity index (χ1v) is 12.0. The van der Waals surface area contributed by atoms with Crippen LogP contribution in [0.15, 0.2) is 45.7 Å². The van der Waals surface area contributed by atoms with E-state index >= 15 is 0 Å². The lowest BCUT2D eigenvalue weighted by atomic mass is 10.1. The molecule has 4 rings (SSSR count). The van der Waals surface area contributed by atoms with Gasteiger partial charge in [-0.3, -0.25) is 4.79 Å². The van der Waals surface area contributed by atoms with Crippen LogP contribution >= 0.6 is 11.3 Å². The fraction of sp³-hybridized carbons (Fsp3) is 0.273. The van der Waals surface area contributed by atoms with Crippen LogP contribution in [-0.2, 0) is 14.8 Å². The van der Waals surface area contributed by atoms with Crippen molar-refractivity contribution in [1.29, 1.82) is 0 Å². The number of benzene rings is 2. The number of carboxylic acid groups (broad SMARTS) is 1. The average molecular weight is 459 g/mol. The van der Waals surface area contributed by atoms with Crippen molar-refractivity contribution in [3.8, 4) is 10.4 Å². The predicted molar refractivity (Wildman–Crippen MR) is 121 cm³/mol. The molecule has 0 aliphatic heterocycles. The van der Waals surface area contributed by atoms with Crippen LogP contribution in [0, 0.1) is 19.8 Å². The van der Waals surface area contributed by atoms with Gasteiger partial charge in [0.05, 0.1) is 20.5 Å². The highest BCUT2D eigenvalue weighted by molar-refractivity contribution is 7.89. The van der Waals surface area contributed by atoms with Crippen LogP contribution in [0.2, 0.25) is 0 Å². The molecule has 0 aliphatic rings. The highest BCUT2D eigenvalue weighted by atomic mass is 32.2. The summed E-state index contributed by atoms with van der Waals surface area (Å²) in [5.41, 5.74) is 3.15. The number of fused-ring (bicyclic) bond motifs is 3. The molecule has 1 atom stereocenters. The molecule has 0 unspecified atom stereocenters. The minimum absolute atomic E-state index is 0.00685. The van der Waals surface area contributed by atoms with Gasteiger partial charge in [0.2, 0.25) is 10.0 Å². The van der Waals surface area contributed by atoms with Crippen molar-refractivity contribution in [1.82, 2.24) is 9.71 Å². The number of aryl methyl sites for hydroxylation is 2. The Hall–Kier alpha value is -2.75. The summed E-state index contributed by atoms with van der Waals surface area (Å²) >= 11 is 1.61. The third-order valence-corrected chi connectivity index (χ3v) is 7.69. The van der Waals surface area contributed by atoms with Crippen LogP contribution in [0.5, 0.6) is 0 Å². The van der Waals surface area contributed by atoms with Crippen LogP contribution in [0.4, 0.5) is 0 Å². The molecule has 0 amide bonds. The maximum atomic E-state index is 12.8. The van der Waals surface area contributed by atoms with Gasteiger partial charge in [0, 0.05) is 10.8 Å². The number of hydrogen-bond donors (Lipinski definition) is 2. The molecule has 0 saturated heterocycles. The number of aliphatic carboxylic acids is 1. The van der Waals surface area contributed by atoms with Gasteiger partial charge in [0.25, 0.3) is 0 Å².